The van der Waals surface area contributed by atoms with Crippen LogP contribution in [0.2, 0.25) is 0 Å². The van der Waals surface area contributed by atoms with Crippen LogP contribution < -0.4 is 5.32 Å². The van der Waals surface area contributed by atoms with E-state index in [1.807, 2.05) is 24.3 Å². The smallest absolute Gasteiger partial charge is 0.269 e. The number of rotatable bonds is 1. The summed E-state index contributed by atoms with van der Waals surface area (Å²) in [6.45, 7) is 0. The van der Waals surface area contributed by atoms with Crippen LogP contribution in [0.25, 0.3) is 10.9 Å². The van der Waals surface area contributed by atoms with Crippen LogP contribution >= 0.6 is 15.9 Å². The molecule has 1 N–H and O–H groups in total. The van der Waals surface area contributed by atoms with E-state index >= 15 is 0 Å². The second-order valence-corrected chi connectivity index (χ2v) is 4.03. The number of aromatic nitrogens is 1. The summed E-state index contributed by atoms with van der Waals surface area (Å²) in [6, 6.07) is 9.36. The lowest BCUT2D eigenvalue weighted by Crippen LogP contribution is -2.18. The van der Waals surface area contributed by atoms with Gasteiger partial charge in [0.1, 0.15) is 5.69 Å². The number of nitrogens with one attached hydrogen (secondary N) is 1. The number of carbonyl (C=O) groups excluding carboxylic acids is 1. The van der Waals surface area contributed by atoms with Crippen LogP contribution in [0.1, 0.15) is 10.5 Å². The molecule has 0 unspecified atom stereocenters. The molecule has 1 aromatic carbocycles. The molecule has 2 aromatic rings. The van der Waals surface area contributed by atoms with E-state index in [9.17, 15) is 4.79 Å². The molecule has 1 aromatic heterocycles. The van der Waals surface area contributed by atoms with Gasteiger partial charge in [0.05, 0.1) is 5.52 Å². The molecule has 1 amide bonds. The van der Waals surface area contributed by atoms with Crippen molar-refractivity contribution in [1.29, 1.82) is 0 Å². The fourth-order valence-electron chi connectivity index (χ4n) is 1.35. The highest BCUT2D eigenvalue weighted by Gasteiger charge is 2.05. The summed E-state index contributed by atoms with van der Waals surface area (Å²) in [5.74, 6) is -0.167. The normalized spacial score (nSPS) is 10.3. The maximum absolute atomic E-state index is 11.3. The number of amides is 1. The summed E-state index contributed by atoms with van der Waals surface area (Å²) >= 11 is 3.39. The van der Waals surface area contributed by atoms with Crippen LogP contribution in [-0.4, -0.2) is 17.9 Å². The van der Waals surface area contributed by atoms with Crippen molar-refractivity contribution in [3.63, 3.8) is 0 Å². The maximum Gasteiger partial charge on any atom is 0.269 e. The highest BCUT2D eigenvalue weighted by Crippen LogP contribution is 2.18. The number of halogens is 1. The zero-order valence-corrected chi connectivity index (χ0v) is 9.71. The van der Waals surface area contributed by atoms with Crippen LogP contribution in [0, 0.1) is 0 Å². The van der Waals surface area contributed by atoms with Gasteiger partial charge >= 0.3 is 0 Å². The molecule has 0 aliphatic heterocycles. The monoisotopic (exact) mass is 264 g/mol. The topological polar surface area (TPSA) is 42.0 Å². The van der Waals surface area contributed by atoms with Gasteiger partial charge in [0.25, 0.3) is 5.91 Å². The number of benzene rings is 1. The minimum atomic E-state index is -0.167. The molecule has 76 valence electrons. The molecule has 1 heterocycles. The molecule has 4 heteroatoms. The van der Waals surface area contributed by atoms with Crippen LogP contribution in [-0.2, 0) is 0 Å². The number of pyridine rings is 1. The van der Waals surface area contributed by atoms with E-state index in [2.05, 4.69) is 26.2 Å². The van der Waals surface area contributed by atoms with Gasteiger partial charge in [-0.15, -0.1) is 0 Å². The zero-order valence-electron chi connectivity index (χ0n) is 8.12. The van der Waals surface area contributed by atoms with E-state index in [4.69, 9.17) is 0 Å². The predicted molar refractivity (Wildman–Crippen MR) is 62.8 cm³/mol. The first-order chi connectivity index (χ1) is 7.20. The predicted octanol–water partition coefficient (Wildman–Crippen LogP) is 2.36. The fraction of sp³-hybridized carbons (Fsp3) is 0.0909. The van der Waals surface area contributed by atoms with Crippen molar-refractivity contribution < 1.29 is 4.79 Å². The second kappa shape index (κ2) is 3.98. The summed E-state index contributed by atoms with van der Waals surface area (Å²) in [7, 11) is 1.59. The summed E-state index contributed by atoms with van der Waals surface area (Å²) in [5.41, 5.74) is 1.26. The maximum atomic E-state index is 11.3. The van der Waals surface area contributed by atoms with Gasteiger partial charge in [0.2, 0.25) is 0 Å². The molecule has 0 aliphatic carbocycles. The minimum Gasteiger partial charge on any atom is -0.354 e. The largest absolute Gasteiger partial charge is 0.354 e. The Kier molecular flexibility index (Phi) is 2.68. The van der Waals surface area contributed by atoms with E-state index in [0.29, 0.717) is 5.69 Å². The van der Waals surface area contributed by atoms with Crippen LogP contribution in [0.4, 0.5) is 0 Å². The zero-order chi connectivity index (χ0) is 10.8. The Bertz CT molecular complexity index is 525. The van der Waals surface area contributed by atoms with Gasteiger partial charge < -0.3 is 5.32 Å². The lowest BCUT2D eigenvalue weighted by Gasteiger charge is -2.01. The van der Waals surface area contributed by atoms with Crippen molar-refractivity contribution in [3.8, 4) is 0 Å². The van der Waals surface area contributed by atoms with Gasteiger partial charge in [0, 0.05) is 16.9 Å². The highest BCUT2D eigenvalue weighted by molar-refractivity contribution is 9.10. The Morgan fingerprint density at radius 1 is 1.33 bits per heavy atom. The lowest BCUT2D eigenvalue weighted by atomic mass is 10.2. The van der Waals surface area contributed by atoms with Crippen molar-refractivity contribution in [3.05, 3.63) is 40.5 Å². The van der Waals surface area contributed by atoms with E-state index in [-0.39, 0.29) is 5.91 Å². The van der Waals surface area contributed by atoms with Crippen molar-refractivity contribution >= 4 is 32.7 Å². The number of hydrogen-bond donors (Lipinski definition) is 1. The second-order valence-electron chi connectivity index (χ2n) is 3.11. The van der Waals surface area contributed by atoms with E-state index < -0.39 is 0 Å². The summed E-state index contributed by atoms with van der Waals surface area (Å²) in [5, 5.41) is 3.56. The quantitative estimate of drug-likeness (QED) is 0.860. The number of fused-ring (bicyclic) bond motifs is 1. The van der Waals surface area contributed by atoms with Crippen molar-refractivity contribution in [2.75, 3.05) is 7.05 Å². The average Bonchev–Trinajstić information content (AvgIpc) is 2.27. The standard InChI is InChI=1S/C11H9BrN2O/c1-13-11(15)10-4-2-7-6-8(12)3-5-9(7)14-10/h2-6H,1H3,(H,13,15). The molecule has 0 saturated carbocycles. The Morgan fingerprint density at radius 3 is 2.87 bits per heavy atom. The minimum absolute atomic E-state index is 0.167. The SMILES string of the molecule is CNC(=O)c1ccc2cc(Br)ccc2n1. The summed E-state index contributed by atoms with van der Waals surface area (Å²) in [4.78, 5) is 15.6. The first-order valence-electron chi connectivity index (χ1n) is 4.49. The molecule has 0 atom stereocenters. The number of nitrogens with zero attached hydrogens (tertiary/aromatic N) is 1. The third kappa shape index (κ3) is 1.99. The third-order valence-corrected chi connectivity index (χ3v) is 2.60. The van der Waals surface area contributed by atoms with E-state index in [1.165, 1.54) is 0 Å². The van der Waals surface area contributed by atoms with Crippen LogP contribution in [0.15, 0.2) is 34.8 Å². The first kappa shape index (κ1) is 10.1. The Labute approximate surface area is 95.6 Å². The molecule has 0 saturated heterocycles. The molecular weight excluding hydrogens is 256 g/mol. The summed E-state index contributed by atoms with van der Waals surface area (Å²) < 4.78 is 1.00. The molecule has 3 nitrogen and oxygen atoms in total. The van der Waals surface area contributed by atoms with Gasteiger partial charge in [-0.3, -0.25) is 4.79 Å². The molecule has 0 aliphatic rings. The van der Waals surface area contributed by atoms with Crippen molar-refractivity contribution in [2.45, 2.75) is 0 Å². The van der Waals surface area contributed by atoms with Gasteiger partial charge in [0.15, 0.2) is 0 Å². The summed E-state index contributed by atoms with van der Waals surface area (Å²) in [6.07, 6.45) is 0. The molecular formula is C11H9BrN2O. The number of carbonyl (C=O) groups is 1. The third-order valence-electron chi connectivity index (χ3n) is 2.11. The molecule has 0 fully saturated rings. The van der Waals surface area contributed by atoms with Crippen LogP contribution in [0.3, 0.4) is 0 Å². The first-order valence-corrected chi connectivity index (χ1v) is 5.28. The molecule has 15 heavy (non-hydrogen) atoms. The molecule has 0 bridgehead atoms. The van der Waals surface area contributed by atoms with Gasteiger partial charge in [-0.25, -0.2) is 4.98 Å². The fourth-order valence-corrected chi connectivity index (χ4v) is 1.73. The van der Waals surface area contributed by atoms with Gasteiger partial charge in [-0.1, -0.05) is 22.0 Å². The van der Waals surface area contributed by atoms with Gasteiger partial charge in [-0.2, -0.15) is 0 Å². The Hall–Kier alpha value is -1.42. The van der Waals surface area contributed by atoms with Crippen molar-refractivity contribution in [2.24, 2.45) is 0 Å². The van der Waals surface area contributed by atoms with Crippen molar-refractivity contribution in [1.82, 2.24) is 10.3 Å². The van der Waals surface area contributed by atoms with Gasteiger partial charge in [-0.05, 0) is 24.3 Å². The Balaban J connectivity index is 2.57. The number of hydrogen-bond acceptors (Lipinski definition) is 2. The van der Waals surface area contributed by atoms with E-state index in [1.54, 1.807) is 13.1 Å². The molecule has 2 rings (SSSR count). The van der Waals surface area contributed by atoms with E-state index in [0.717, 1.165) is 15.4 Å². The lowest BCUT2D eigenvalue weighted by molar-refractivity contribution is 0.0958. The van der Waals surface area contributed by atoms with Crippen LogP contribution in [0.5, 0.6) is 0 Å². The highest BCUT2D eigenvalue weighted by atomic mass is 79.9. The molecule has 0 spiro atoms. The Morgan fingerprint density at radius 2 is 2.13 bits per heavy atom. The average molecular weight is 265 g/mol. The molecule has 0 radical (unpaired) electrons.